The number of benzene rings is 1. The van der Waals surface area contributed by atoms with E-state index in [0.29, 0.717) is 40.8 Å². The first-order chi connectivity index (χ1) is 16.3. The van der Waals surface area contributed by atoms with Gasteiger partial charge in [0.1, 0.15) is 5.82 Å². The standard InChI is InChI=1S/C25H29FN4O3S/c1-14(31)28-18-2-3-19(20(26)9-18)21-13-34-24(29-21)30-22(32)4-5-27-23(33)25-10-15-6-16(11-25)8-17(7-15)12-25/h2-3,9,13,15-17H,4-8,10-12H2,1H3,(H,27,33)(H,28,31)(H,29,30,32). The van der Waals surface area contributed by atoms with Crippen molar-refractivity contribution < 1.29 is 18.8 Å². The second-order valence-corrected chi connectivity index (χ2v) is 11.0. The first kappa shape index (κ1) is 23.0. The van der Waals surface area contributed by atoms with E-state index in [4.69, 9.17) is 0 Å². The molecule has 3 N–H and O–H groups in total. The van der Waals surface area contributed by atoms with Crippen molar-refractivity contribution in [2.24, 2.45) is 23.2 Å². The summed E-state index contributed by atoms with van der Waals surface area (Å²) >= 11 is 1.21. The molecule has 34 heavy (non-hydrogen) atoms. The van der Waals surface area contributed by atoms with E-state index in [1.54, 1.807) is 17.5 Å². The molecule has 6 rings (SSSR count). The molecular weight excluding hydrogens is 455 g/mol. The number of aromatic nitrogens is 1. The number of carbonyl (C=O) groups excluding carboxylic acids is 3. The Hall–Kier alpha value is -2.81. The number of thiazole rings is 1. The Labute approximate surface area is 201 Å². The monoisotopic (exact) mass is 484 g/mol. The van der Waals surface area contributed by atoms with Crippen molar-refractivity contribution in [3.05, 3.63) is 29.4 Å². The van der Waals surface area contributed by atoms with E-state index >= 15 is 0 Å². The van der Waals surface area contributed by atoms with Gasteiger partial charge in [-0.2, -0.15) is 0 Å². The maximum absolute atomic E-state index is 14.5. The first-order valence-electron chi connectivity index (χ1n) is 11.9. The topological polar surface area (TPSA) is 100 Å². The summed E-state index contributed by atoms with van der Waals surface area (Å²) < 4.78 is 14.5. The number of anilines is 2. The van der Waals surface area contributed by atoms with Crippen LogP contribution in [0.15, 0.2) is 23.6 Å². The van der Waals surface area contributed by atoms with Crippen molar-refractivity contribution in [2.45, 2.75) is 51.9 Å². The quantitative estimate of drug-likeness (QED) is 0.536. The number of nitrogens with one attached hydrogen (secondary N) is 3. The molecule has 9 heteroatoms. The molecule has 4 aliphatic rings. The molecule has 0 saturated heterocycles. The molecule has 1 aromatic carbocycles. The summed E-state index contributed by atoms with van der Waals surface area (Å²) in [4.78, 5) is 40.8. The summed E-state index contributed by atoms with van der Waals surface area (Å²) in [6.07, 6.45) is 7.02. The van der Waals surface area contributed by atoms with Crippen LogP contribution in [-0.2, 0) is 14.4 Å². The van der Waals surface area contributed by atoms with E-state index in [1.807, 2.05) is 0 Å². The third-order valence-electron chi connectivity index (χ3n) is 7.47. The minimum Gasteiger partial charge on any atom is -0.355 e. The van der Waals surface area contributed by atoms with Crippen LogP contribution in [0.2, 0.25) is 0 Å². The average molecular weight is 485 g/mol. The number of amides is 3. The SMILES string of the molecule is CC(=O)Nc1ccc(-c2csc(NC(=O)CCNC(=O)C34CC5CC(CC(C5)C3)C4)n2)c(F)c1. The van der Waals surface area contributed by atoms with Gasteiger partial charge in [-0.25, -0.2) is 9.37 Å². The first-order valence-corrected chi connectivity index (χ1v) is 12.8. The molecule has 3 amide bonds. The lowest BCUT2D eigenvalue weighted by Gasteiger charge is -2.55. The van der Waals surface area contributed by atoms with Crippen LogP contribution < -0.4 is 16.0 Å². The molecular formula is C25H29FN4O3S. The lowest BCUT2D eigenvalue weighted by atomic mass is 9.49. The van der Waals surface area contributed by atoms with E-state index < -0.39 is 5.82 Å². The average Bonchev–Trinajstić information content (AvgIpc) is 3.20. The van der Waals surface area contributed by atoms with Crippen molar-refractivity contribution in [1.82, 2.24) is 10.3 Å². The molecule has 0 aliphatic heterocycles. The van der Waals surface area contributed by atoms with Gasteiger partial charge in [0.2, 0.25) is 17.7 Å². The molecule has 1 aromatic heterocycles. The highest BCUT2D eigenvalue weighted by molar-refractivity contribution is 7.14. The largest absolute Gasteiger partial charge is 0.355 e. The number of hydrogen-bond acceptors (Lipinski definition) is 5. The molecule has 4 aliphatic carbocycles. The number of nitrogens with zero attached hydrogens (tertiary/aromatic N) is 1. The molecule has 4 fully saturated rings. The summed E-state index contributed by atoms with van der Waals surface area (Å²) in [5, 5.41) is 10.3. The second kappa shape index (κ2) is 9.09. The zero-order valence-electron chi connectivity index (χ0n) is 19.2. The molecule has 1 heterocycles. The van der Waals surface area contributed by atoms with Crippen LogP contribution in [0.3, 0.4) is 0 Å². The molecule has 4 bridgehead atoms. The molecule has 7 nitrogen and oxygen atoms in total. The summed E-state index contributed by atoms with van der Waals surface area (Å²) in [6, 6.07) is 4.38. The fourth-order valence-electron chi connectivity index (χ4n) is 6.51. The highest BCUT2D eigenvalue weighted by Crippen LogP contribution is 2.60. The number of carbonyl (C=O) groups is 3. The van der Waals surface area contributed by atoms with Gasteiger partial charge in [0.15, 0.2) is 5.13 Å². The van der Waals surface area contributed by atoms with Crippen molar-refractivity contribution in [1.29, 1.82) is 0 Å². The van der Waals surface area contributed by atoms with Gasteiger partial charge < -0.3 is 16.0 Å². The van der Waals surface area contributed by atoms with Gasteiger partial charge in [-0.15, -0.1) is 11.3 Å². The van der Waals surface area contributed by atoms with Gasteiger partial charge in [0.05, 0.1) is 5.69 Å². The summed E-state index contributed by atoms with van der Waals surface area (Å²) in [6.45, 7) is 1.65. The summed E-state index contributed by atoms with van der Waals surface area (Å²) in [5.41, 5.74) is 0.846. The predicted molar refractivity (Wildman–Crippen MR) is 129 cm³/mol. The van der Waals surface area contributed by atoms with Gasteiger partial charge in [-0.05, 0) is 74.5 Å². The van der Waals surface area contributed by atoms with Crippen LogP contribution in [0.5, 0.6) is 0 Å². The van der Waals surface area contributed by atoms with Crippen LogP contribution in [0.4, 0.5) is 15.2 Å². The van der Waals surface area contributed by atoms with E-state index in [0.717, 1.165) is 19.3 Å². The van der Waals surface area contributed by atoms with Crippen molar-refractivity contribution in [3.8, 4) is 11.3 Å². The minimum absolute atomic E-state index is 0.120. The van der Waals surface area contributed by atoms with E-state index in [-0.39, 0.29) is 35.1 Å². The molecule has 180 valence electrons. The van der Waals surface area contributed by atoms with E-state index in [9.17, 15) is 18.8 Å². The van der Waals surface area contributed by atoms with Gasteiger partial charge in [-0.1, -0.05) is 0 Å². The Kier molecular flexibility index (Phi) is 6.14. The molecule has 0 unspecified atom stereocenters. The van der Waals surface area contributed by atoms with Crippen molar-refractivity contribution in [2.75, 3.05) is 17.2 Å². The smallest absolute Gasteiger partial charge is 0.227 e. The fraction of sp³-hybridized carbons (Fsp3) is 0.520. The lowest BCUT2D eigenvalue weighted by molar-refractivity contribution is -0.146. The van der Waals surface area contributed by atoms with Gasteiger partial charge in [0, 0.05) is 41.9 Å². The predicted octanol–water partition coefficient (Wildman–Crippen LogP) is 4.57. The van der Waals surface area contributed by atoms with Crippen LogP contribution in [0.1, 0.15) is 51.9 Å². The summed E-state index contributed by atoms with van der Waals surface area (Å²) in [5.74, 6) is 1.19. The number of rotatable bonds is 7. The highest BCUT2D eigenvalue weighted by atomic mass is 32.1. The van der Waals surface area contributed by atoms with Crippen LogP contribution in [-0.4, -0.2) is 29.3 Å². The fourth-order valence-corrected chi connectivity index (χ4v) is 7.23. The zero-order valence-corrected chi connectivity index (χ0v) is 20.0. The molecule has 0 atom stereocenters. The number of halogens is 1. The van der Waals surface area contributed by atoms with E-state index in [2.05, 4.69) is 20.9 Å². The third kappa shape index (κ3) is 4.71. The number of hydrogen-bond donors (Lipinski definition) is 3. The van der Waals surface area contributed by atoms with Crippen molar-refractivity contribution >= 4 is 39.9 Å². The molecule has 0 spiro atoms. The third-order valence-corrected chi connectivity index (χ3v) is 8.23. The Balaban J connectivity index is 1.12. The zero-order chi connectivity index (χ0) is 23.9. The van der Waals surface area contributed by atoms with Crippen LogP contribution in [0.25, 0.3) is 11.3 Å². The maximum atomic E-state index is 14.5. The highest BCUT2D eigenvalue weighted by Gasteiger charge is 2.54. The van der Waals surface area contributed by atoms with Gasteiger partial charge in [-0.3, -0.25) is 14.4 Å². The molecule has 2 aromatic rings. The van der Waals surface area contributed by atoms with Crippen LogP contribution in [0, 0.1) is 29.0 Å². The molecule has 0 radical (unpaired) electrons. The van der Waals surface area contributed by atoms with E-state index in [1.165, 1.54) is 43.6 Å². The Morgan fingerprint density at radius 1 is 1.09 bits per heavy atom. The normalized spacial score (nSPS) is 26.8. The minimum atomic E-state index is -0.512. The molecule has 4 saturated carbocycles. The van der Waals surface area contributed by atoms with Crippen molar-refractivity contribution in [3.63, 3.8) is 0 Å². The van der Waals surface area contributed by atoms with Crippen LogP contribution >= 0.6 is 11.3 Å². The Bertz CT molecular complexity index is 1100. The second-order valence-electron chi connectivity index (χ2n) is 10.2. The van der Waals surface area contributed by atoms with Gasteiger partial charge in [0.25, 0.3) is 0 Å². The maximum Gasteiger partial charge on any atom is 0.227 e. The lowest BCUT2D eigenvalue weighted by Crippen LogP contribution is -2.53. The Morgan fingerprint density at radius 2 is 1.76 bits per heavy atom. The summed E-state index contributed by atoms with van der Waals surface area (Å²) in [7, 11) is 0. The van der Waals surface area contributed by atoms with Gasteiger partial charge >= 0.3 is 0 Å². The Morgan fingerprint density at radius 3 is 2.38 bits per heavy atom.